The van der Waals surface area contributed by atoms with Crippen LogP contribution < -0.4 is 16.4 Å². The average Bonchev–Trinajstić information content (AvgIpc) is 3.55. The number of hydrogen-bond acceptors (Lipinski definition) is 6. The van der Waals surface area contributed by atoms with E-state index in [2.05, 4.69) is 10.6 Å². The predicted molar refractivity (Wildman–Crippen MR) is 148 cm³/mol. The molecule has 2 fully saturated rings. The molecule has 2 saturated heterocycles. The number of ether oxygens (including phenoxy) is 1. The molecule has 2 aromatic carbocycles. The van der Waals surface area contributed by atoms with Gasteiger partial charge in [-0.3, -0.25) is 14.4 Å². The maximum Gasteiger partial charge on any atom is 0.261 e. The SMILES string of the molecule is C[C@@H]1[C@@H]([Si](C)(C)F)[C@H](CC(=O)N2CCC[C@H]2CO)O[C@@]12C(=O)Nc1ccc(NC(=O)c3ccc(N)cc3)cc12. The molecular formula is C28H35FN4O5Si. The van der Waals surface area contributed by atoms with Crippen molar-refractivity contribution in [2.45, 2.75) is 62.6 Å². The highest BCUT2D eigenvalue weighted by Gasteiger charge is 2.65. The number of nitrogens with two attached hydrogens (primary N) is 1. The zero-order valence-electron chi connectivity index (χ0n) is 22.4. The number of benzene rings is 2. The van der Waals surface area contributed by atoms with E-state index in [-0.39, 0.29) is 30.9 Å². The Hall–Kier alpha value is -3.28. The number of aliphatic hydroxyl groups is 1. The number of rotatable bonds is 6. The number of likely N-dealkylation sites (tertiary alicyclic amines) is 1. The molecule has 3 heterocycles. The Bertz CT molecular complexity index is 1300. The van der Waals surface area contributed by atoms with E-state index < -0.39 is 37.5 Å². The van der Waals surface area contributed by atoms with E-state index in [1.807, 2.05) is 6.92 Å². The summed E-state index contributed by atoms with van der Waals surface area (Å²) in [5.74, 6) is -1.50. The smallest absolute Gasteiger partial charge is 0.261 e. The van der Waals surface area contributed by atoms with Gasteiger partial charge in [0.15, 0.2) is 5.60 Å². The first-order valence-corrected chi connectivity index (χ1v) is 16.3. The van der Waals surface area contributed by atoms with Gasteiger partial charge < -0.3 is 35.2 Å². The number of anilines is 3. The number of nitrogen functional groups attached to an aromatic ring is 1. The second-order valence-electron chi connectivity index (χ2n) is 11.3. The summed E-state index contributed by atoms with van der Waals surface area (Å²) < 4.78 is 22.4. The summed E-state index contributed by atoms with van der Waals surface area (Å²) in [7, 11) is -3.42. The molecule has 0 aliphatic carbocycles. The van der Waals surface area contributed by atoms with Crippen LogP contribution in [0.5, 0.6) is 0 Å². The third-order valence-electron chi connectivity index (χ3n) is 8.43. The Morgan fingerprint density at radius 2 is 1.97 bits per heavy atom. The molecular weight excluding hydrogens is 519 g/mol. The lowest BCUT2D eigenvalue weighted by atomic mass is 9.82. The predicted octanol–water partition coefficient (Wildman–Crippen LogP) is 3.62. The van der Waals surface area contributed by atoms with Gasteiger partial charge in [-0.15, -0.1) is 0 Å². The molecule has 3 aliphatic heterocycles. The van der Waals surface area contributed by atoms with Gasteiger partial charge in [-0.25, -0.2) is 0 Å². The first kappa shape index (κ1) is 27.3. The van der Waals surface area contributed by atoms with Crippen molar-refractivity contribution in [2.75, 3.05) is 29.5 Å². The highest BCUT2D eigenvalue weighted by molar-refractivity contribution is 6.72. The number of carbonyl (C=O) groups is 3. The molecule has 208 valence electrons. The van der Waals surface area contributed by atoms with Crippen LogP contribution >= 0.6 is 0 Å². The molecule has 5 N–H and O–H groups in total. The molecule has 0 radical (unpaired) electrons. The Morgan fingerprint density at radius 1 is 1.26 bits per heavy atom. The van der Waals surface area contributed by atoms with Gasteiger partial charge in [0.2, 0.25) is 14.3 Å². The molecule has 0 aromatic heterocycles. The number of aliphatic hydroxyl groups excluding tert-OH is 1. The van der Waals surface area contributed by atoms with Crippen molar-refractivity contribution in [1.82, 2.24) is 4.90 Å². The van der Waals surface area contributed by atoms with Gasteiger partial charge in [-0.1, -0.05) is 6.92 Å². The number of nitrogens with one attached hydrogen (secondary N) is 2. The lowest BCUT2D eigenvalue weighted by Crippen LogP contribution is -2.42. The van der Waals surface area contributed by atoms with Crippen LogP contribution in [0.1, 0.15) is 42.1 Å². The van der Waals surface area contributed by atoms with Gasteiger partial charge in [-0.2, -0.15) is 0 Å². The van der Waals surface area contributed by atoms with Crippen molar-refractivity contribution in [3.63, 3.8) is 0 Å². The fraction of sp³-hybridized carbons (Fsp3) is 0.464. The van der Waals surface area contributed by atoms with Crippen molar-refractivity contribution in [3.8, 4) is 0 Å². The Morgan fingerprint density at radius 3 is 2.64 bits per heavy atom. The standard InChI is InChI=1S/C28H35FN4O5Si/c1-16-25(39(2,3)29)23(14-24(35)33-12-4-5-20(33)15-34)38-28(16)21-13-19(10-11-22(21)32-27(28)37)31-26(36)17-6-8-18(30)9-7-17/h6-11,13,16,20,23,25,34H,4-5,12,14-15,30H2,1-3H3,(H,31,36)(H,32,37)/t16-,20+,23+,25-,28+/m1/s1. The zero-order chi connectivity index (χ0) is 28.1. The summed E-state index contributed by atoms with van der Waals surface area (Å²) in [6.45, 7) is 5.39. The van der Waals surface area contributed by atoms with Crippen LogP contribution in [0.2, 0.25) is 18.6 Å². The molecule has 39 heavy (non-hydrogen) atoms. The summed E-state index contributed by atoms with van der Waals surface area (Å²) in [5, 5.41) is 15.4. The van der Waals surface area contributed by atoms with Gasteiger partial charge in [0, 0.05) is 46.2 Å². The molecule has 1 spiro atoms. The first-order valence-electron chi connectivity index (χ1n) is 13.4. The lowest BCUT2D eigenvalue weighted by molar-refractivity contribution is -0.148. The third kappa shape index (κ3) is 4.72. The van der Waals surface area contributed by atoms with E-state index in [4.69, 9.17) is 10.5 Å². The average molecular weight is 555 g/mol. The summed E-state index contributed by atoms with van der Waals surface area (Å²) >= 11 is 0. The number of carbonyl (C=O) groups excluding carboxylic acids is 3. The normalized spacial score (nSPS) is 28.0. The number of halogens is 1. The Balaban J connectivity index is 1.46. The van der Waals surface area contributed by atoms with Crippen LogP contribution in [0.15, 0.2) is 42.5 Å². The minimum absolute atomic E-state index is 0.0657. The fourth-order valence-corrected chi connectivity index (χ4v) is 9.12. The summed E-state index contributed by atoms with van der Waals surface area (Å²) in [6.07, 6.45) is 0.658. The van der Waals surface area contributed by atoms with Gasteiger partial charge in [-0.05, 0) is 68.4 Å². The molecule has 9 nitrogen and oxygen atoms in total. The molecule has 5 atom stereocenters. The van der Waals surface area contributed by atoms with Crippen molar-refractivity contribution in [2.24, 2.45) is 5.92 Å². The van der Waals surface area contributed by atoms with Gasteiger partial charge >= 0.3 is 0 Å². The van der Waals surface area contributed by atoms with Crippen LogP contribution in [0.25, 0.3) is 0 Å². The maximum atomic E-state index is 15.9. The molecule has 3 aliphatic rings. The quantitative estimate of drug-likeness (QED) is 0.245. The van der Waals surface area contributed by atoms with E-state index in [0.717, 1.165) is 12.8 Å². The van der Waals surface area contributed by atoms with Gasteiger partial charge in [0.1, 0.15) is 0 Å². The van der Waals surface area contributed by atoms with Crippen molar-refractivity contribution in [3.05, 3.63) is 53.6 Å². The Labute approximate surface area is 228 Å². The van der Waals surface area contributed by atoms with E-state index >= 15 is 4.11 Å². The summed E-state index contributed by atoms with van der Waals surface area (Å²) in [6, 6.07) is 11.3. The van der Waals surface area contributed by atoms with E-state index in [1.165, 1.54) is 0 Å². The molecule has 0 saturated carbocycles. The minimum Gasteiger partial charge on any atom is -0.399 e. The van der Waals surface area contributed by atoms with Gasteiger partial charge in [0.25, 0.3) is 11.8 Å². The lowest BCUT2D eigenvalue weighted by Gasteiger charge is -2.31. The topological polar surface area (TPSA) is 134 Å². The second-order valence-corrected chi connectivity index (χ2v) is 15.1. The zero-order valence-corrected chi connectivity index (χ0v) is 23.4. The Kier molecular flexibility index (Phi) is 7.02. The number of amides is 3. The van der Waals surface area contributed by atoms with Crippen LogP contribution in [0, 0.1) is 5.92 Å². The molecule has 5 rings (SSSR count). The number of hydrogen-bond donors (Lipinski definition) is 4. The van der Waals surface area contributed by atoms with Crippen molar-refractivity contribution in [1.29, 1.82) is 0 Å². The summed E-state index contributed by atoms with van der Waals surface area (Å²) in [4.78, 5) is 41.3. The third-order valence-corrected chi connectivity index (χ3v) is 10.9. The molecule has 11 heteroatoms. The highest BCUT2D eigenvalue weighted by atomic mass is 28.4. The minimum atomic E-state index is -3.42. The van der Waals surface area contributed by atoms with E-state index in [9.17, 15) is 19.5 Å². The molecule has 2 aromatic rings. The molecule has 0 unspecified atom stereocenters. The fourth-order valence-electron chi connectivity index (χ4n) is 6.63. The first-order chi connectivity index (χ1) is 18.5. The number of fused-ring (bicyclic) bond motifs is 2. The monoisotopic (exact) mass is 554 g/mol. The van der Waals surface area contributed by atoms with Crippen molar-refractivity contribution >= 4 is 43.2 Å². The van der Waals surface area contributed by atoms with Crippen LogP contribution in [-0.2, 0) is 19.9 Å². The van der Waals surface area contributed by atoms with Crippen LogP contribution in [0.3, 0.4) is 0 Å². The van der Waals surface area contributed by atoms with Gasteiger partial charge in [0.05, 0.1) is 25.2 Å². The van der Waals surface area contributed by atoms with Crippen LogP contribution in [0.4, 0.5) is 21.2 Å². The second kappa shape index (κ2) is 10.0. The molecule has 3 amide bonds. The largest absolute Gasteiger partial charge is 0.399 e. The van der Waals surface area contributed by atoms with E-state index in [0.29, 0.717) is 34.7 Å². The highest BCUT2D eigenvalue weighted by Crippen LogP contribution is 2.59. The summed E-state index contributed by atoms with van der Waals surface area (Å²) in [5.41, 5.74) is 6.07. The number of nitrogens with zero attached hydrogens (tertiary/aromatic N) is 1. The van der Waals surface area contributed by atoms with E-state index in [1.54, 1.807) is 60.5 Å². The molecule has 0 bridgehead atoms. The maximum absolute atomic E-state index is 15.9. The van der Waals surface area contributed by atoms with Crippen molar-refractivity contribution < 1.29 is 28.3 Å². The van der Waals surface area contributed by atoms with Crippen LogP contribution in [-0.4, -0.2) is 61.4 Å².